The van der Waals surface area contributed by atoms with Crippen LogP contribution in [-0.2, 0) is 13.5 Å². The van der Waals surface area contributed by atoms with E-state index in [1.807, 2.05) is 12.1 Å². The number of benzene rings is 1. The van der Waals surface area contributed by atoms with E-state index < -0.39 is 0 Å². The Hall–Kier alpha value is -2.75. The molecule has 100 valence electrons. The molecule has 1 aliphatic carbocycles. The van der Waals surface area contributed by atoms with Crippen LogP contribution in [0.25, 0.3) is 4.85 Å². The summed E-state index contributed by atoms with van der Waals surface area (Å²) in [7, 11) is 1.61. The number of amides is 1. The van der Waals surface area contributed by atoms with Gasteiger partial charge in [-0.15, -0.1) is 10.2 Å². The SMILES string of the molecule is [C-]#[N+]c1ccc2c(c1)CC[C@H]2NC(=O)c1nnn(C)n1. The Kier molecular flexibility index (Phi) is 2.91. The van der Waals surface area contributed by atoms with Crippen molar-refractivity contribution in [3.8, 4) is 0 Å². The van der Waals surface area contributed by atoms with Crippen molar-refractivity contribution in [3.05, 3.63) is 46.6 Å². The fraction of sp³-hybridized carbons (Fsp3) is 0.308. The predicted octanol–water partition coefficient (Wildman–Crippen LogP) is 1.18. The first-order valence-electron chi connectivity index (χ1n) is 6.22. The molecule has 20 heavy (non-hydrogen) atoms. The number of tetrazole rings is 1. The summed E-state index contributed by atoms with van der Waals surface area (Å²) in [6.07, 6.45) is 1.68. The number of carbonyl (C=O) groups excluding carboxylic acids is 1. The van der Waals surface area contributed by atoms with Gasteiger partial charge in [-0.3, -0.25) is 4.79 Å². The van der Waals surface area contributed by atoms with Crippen LogP contribution in [0.5, 0.6) is 0 Å². The molecule has 0 unspecified atom stereocenters. The zero-order valence-corrected chi connectivity index (χ0v) is 10.9. The lowest BCUT2D eigenvalue weighted by atomic mass is 10.1. The number of nitrogens with zero attached hydrogens (tertiary/aromatic N) is 5. The highest BCUT2D eigenvalue weighted by Crippen LogP contribution is 2.33. The molecule has 1 heterocycles. The fourth-order valence-electron chi connectivity index (χ4n) is 2.42. The van der Waals surface area contributed by atoms with E-state index in [9.17, 15) is 4.79 Å². The molecule has 1 aromatic carbocycles. The van der Waals surface area contributed by atoms with E-state index in [0.29, 0.717) is 5.69 Å². The Morgan fingerprint density at radius 1 is 1.55 bits per heavy atom. The van der Waals surface area contributed by atoms with E-state index in [-0.39, 0.29) is 17.8 Å². The van der Waals surface area contributed by atoms with Crippen LogP contribution in [0.1, 0.15) is 34.2 Å². The summed E-state index contributed by atoms with van der Waals surface area (Å²) < 4.78 is 0. The van der Waals surface area contributed by atoms with Crippen LogP contribution in [-0.4, -0.2) is 26.1 Å². The van der Waals surface area contributed by atoms with Crippen LogP contribution in [0.4, 0.5) is 5.69 Å². The van der Waals surface area contributed by atoms with Gasteiger partial charge in [0.1, 0.15) is 0 Å². The van der Waals surface area contributed by atoms with Crippen LogP contribution in [0, 0.1) is 6.57 Å². The largest absolute Gasteiger partial charge is 0.342 e. The molecular formula is C13H12N6O. The molecule has 3 rings (SSSR count). The molecule has 0 aliphatic heterocycles. The second kappa shape index (κ2) is 4.74. The Morgan fingerprint density at radius 2 is 2.40 bits per heavy atom. The fourth-order valence-corrected chi connectivity index (χ4v) is 2.42. The van der Waals surface area contributed by atoms with Gasteiger partial charge in [-0.2, -0.15) is 4.80 Å². The molecule has 1 aliphatic rings. The highest BCUT2D eigenvalue weighted by Gasteiger charge is 2.25. The quantitative estimate of drug-likeness (QED) is 0.830. The maximum Gasteiger partial charge on any atom is 0.293 e. The molecule has 0 saturated heterocycles. The molecule has 1 atom stereocenters. The van der Waals surface area contributed by atoms with Crippen LogP contribution >= 0.6 is 0 Å². The number of hydrogen-bond donors (Lipinski definition) is 1. The summed E-state index contributed by atoms with van der Waals surface area (Å²) in [4.78, 5) is 16.7. The summed E-state index contributed by atoms with van der Waals surface area (Å²) in [6, 6.07) is 5.51. The number of hydrogen-bond acceptors (Lipinski definition) is 4. The smallest absolute Gasteiger partial charge is 0.293 e. The van der Waals surface area contributed by atoms with Gasteiger partial charge in [-0.05, 0) is 23.6 Å². The van der Waals surface area contributed by atoms with E-state index >= 15 is 0 Å². The standard InChI is InChI=1S/C13H12N6O/c1-14-9-4-5-10-8(7-9)3-6-11(10)15-13(20)12-16-18-19(2)17-12/h4-5,7,11H,3,6H2,2H3,(H,15,20)/t11-/m1/s1. The maximum absolute atomic E-state index is 12.0. The predicted molar refractivity (Wildman–Crippen MR) is 70.0 cm³/mol. The molecule has 0 saturated carbocycles. The third-order valence-electron chi connectivity index (χ3n) is 3.35. The lowest BCUT2D eigenvalue weighted by Gasteiger charge is -2.12. The van der Waals surface area contributed by atoms with Gasteiger partial charge in [-0.1, -0.05) is 23.8 Å². The molecule has 7 heteroatoms. The maximum atomic E-state index is 12.0. The minimum absolute atomic E-state index is 0.0545. The summed E-state index contributed by atoms with van der Waals surface area (Å²) in [5.41, 5.74) is 2.82. The first kappa shape index (κ1) is 12.3. The second-order valence-electron chi connectivity index (χ2n) is 4.66. The van der Waals surface area contributed by atoms with Gasteiger partial charge in [0.15, 0.2) is 5.69 Å². The minimum atomic E-state index is -0.329. The summed E-state index contributed by atoms with van der Waals surface area (Å²) in [5.74, 6) is -0.260. The van der Waals surface area contributed by atoms with Gasteiger partial charge in [0.05, 0.1) is 19.7 Å². The zero-order valence-electron chi connectivity index (χ0n) is 10.9. The van der Waals surface area contributed by atoms with Crippen molar-refractivity contribution < 1.29 is 4.79 Å². The van der Waals surface area contributed by atoms with Gasteiger partial charge in [0.2, 0.25) is 0 Å². The van der Waals surface area contributed by atoms with E-state index in [1.54, 1.807) is 13.1 Å². The highest BCUT2D eigenvalue weighted by molar-refractivity contribution is 5.90. The first-order chi connectivity index (χ1) is 9.67. The molecule has 0 fully saturated rings. The Bertz CT molecular complexity index is 714. The topological polar surface area (TPSA) is 77.1 Å². The number of aryl methyl sites for hydroxylation is 2. The second-order valence-corrected chi connectivity index (χ2v) is 4.66. The molecule has 0 spiro atoms. The Morgan fingerprint density at radius 3 is 3.10 bits per heavy atom. The van der Waals surface area contributed by atoms with Crippen molar-refractivity contribution in [3.63, 3.8) is 0 Å². The molecule has 1 aromatic heterocycles. The van der Waals surface area contributed by atoms with Crippen LogP contribution < -0.4 is 5.32 Å². The molecule has 1 amide bonds. The van der Waals surface area contributed by atoms with Crippen molar-refractivity contribution in [2.45, 2.75) is 18.9 Å². The third kappa shape index (κ3) is 2.12. The molecule has 7 nitrogen and oxygen atoms in total. The molecule has 0 bridgehead atoms. The minimum Gasteiger partial charge on any atom is -0.342 e. The van der Waals surface area contributed by atoms with E-state index in [1.165, 1.54) is 4.80 Å². The average molecular weight is 268 g/mol. The van der Waals surface area contributed by atoms with Gasteiger partial charge in [0.25, 0.3) is 11.7 Å². The molecule has 1 N–H and O–H groups in total. The monoisotopic (exact) mass is 268 g/mol. The van der Waals surface area contributed by atoms with Gasteiger partial charge < -0.3 is 5.32 Å². The van der Waals surface area contributed by atoms with Gasteiger partial charge >= 0.3 is 0 Å². The van der Waals surface area contributed by atoms with Crippen molar-refractivity contribution >= 4 is 11.6 Å². The molecule has 0 radical (unpaired) electrons. The number of fused-ring (bicyclic) bond motifs is 1. The number of nitrogens with one attached hydrogen (secondary N) is 1. The van der Waals surface area contributed by atoms with Gasteiger partial charge in [-0.25, -0.2) is 4.85 Å². The summed E-state index contributed by atoms with van der Waals surface area (Å²) >= 11 is 0. The summed E-state index contributed by atoms with van der Waals surface area (Å²) in [6.45, 7) is 7.01. The van der Waals surface area contributed by atoms with Crippen molar-refractivity contribution in [2.75, 3.05) is 0 Å². The summed E-state index contributed by atoms with van der Waals surface area (Å²) in [5, 5.41) is 14.1. The normalized spacial score (nSPS) is 16.5. The van der Waals surface area contributed by atoms with Gasteiger partial charge in [0, 0.05) is 0 Å². The van der Waals surface area contributed by atoms with Crippen LogP contribution in [0.3, 0.4) is 0 Å². The van der Waals surface area contributed by atoms with E-state index in [4.69, 9.17) is 6.57 Å². The molecular weight excluding hydrogens is 256 g/mol. The Labute approximate surface area is 115 Å². The van der Waals surface area contributed by atoms with Crippen molar-refractivity contribution in [1.29, 1.82) is 0 Å². The highest BCUT2D eigenvalue weighted by atomic mass is 16.2. The van der Waals surface area contributed by atoms with E-state index in [2.05, 4.69) is 25.6 Å². The third-order valence-corrected chi connectivity index (χ3v) is 3.35. The lowest BCUT2D eigenvalue weighted by Crippen LogP contribution is -2.28. The van der Waals surface area contributed by atoms with E-state index in [0.717, 1.165) is 24.0 Å². The Balaban J connectivity index is 1.79. The number of carbonyl (C=O) groups is 1. The number of aromatic nitrogens is 4. The first-order valence-corrected chi connectivity index (χ1v) is 6.22. The molecule has 2 aromatic rings. The lowest BCUT2D eigenvalue weighted by molar-refractivity contribution is 0.0926. The van der Waals surface area contributed by atoms with Crippen LogP contribution in [0.15, 0.2) is 18.2 Å². The van der Waals surface area contributed by atoms with Crippen molar-refractivity contribution in [1.82, 2.24) is 25.5 Å². The van der Waals surface area contributed by atoms with Crippen LogP contribution in [0.2, 0.25) is 0 Å². The average Bonchev–Trinajstić information content (AvgIpc) is 3.05. The van der Waals surface area contributed by atoms with Crippen molar-refractivity contribution in [2.24, 2.45) is 7.05 Å². The zero-order chi connectivity index (χ0) is 14.1. The number of rotatable bonds is 2.